The van der Waals surface area contributed by atoms with Gasteiger partial charge in [-0.15, -0.1) is 0 Å². The first-order valence-corrected chi connectivity index (χ1v) is 7.33. The minimum absolute atomic E-state index is 0.0698. The largest absolute Gasteiger partial charge is 0.496 e. The number of hydrogen-bond acceptors (Lipinski definition) is 3. The number of ether oxygens (including phenoxy) is 2. The van der Waals surface area contributed by atoms with Gasteiger partial charge in [-0.3, -0.25) is 0 Å². The standard InChI is InChI=1S/C17H18ClNO2/c1-10-6-7-14-11(8-10)13(19)9-16(21-14)17-12(18)4-3-5-15(17)20-2/h3-8,13,16H,9,19H2,1-2H3/t13-,16?/m0/s1. The van der Waals surface area contributed by atoms with E-state index in [1.165, 1.54) is 5.56 Å². The minimum atomic E-state index is -0.196. The van der Waals surface area contributed by atoms with Crippen LogP contribution < -0.4 is 15.2 Å². The van der Waals surface area contributed by atoms with E-state index in [1.807, 2.05) is 30.3 Å². The molecule has 0 radical (unpaired) electrons. The third kappa shape index (κ3) is 2.59. The highest BCUT2D eigenvalue weighted by Crippen LogP contribution is 2.44. The Labute approximate surface area is 129 Å². The summed E-state index contributed by atoms with van der Waals surface area (Å²) >= 11 is 6.34. The van der Waals surface area contributed by atoms with Crippen molar-refractivity contribution in [2.45, 2.75) is 25.5 Å². The summed E-state index contributed by atoms with van der Waals surface area (Å²) in [5.41, 5.74) is 9.42. The molecule has 4 heteroatoms. The van der Waals surface area contributed by atoms with E-state index in [0.29, 0.717) is 11.4 Å². The van der Waals surface area contributed by atoms with Gasteiger partial charge in [0.15, 0.2) is 0 Å². The normalized spacial score (nSPS) is 20.6. The Bertz CT molecular complexity index is 672. The molecular formula is C17H18ClNO2. The zero-order valence-corrected chi connectivity index (χ0v) is 12.9. The van der Waals surface area contributed by atoms with E-state index in [2.05, 4.69) is 13.0 Å². The fraction of sp³-hybridized carbons (Fsp3) is 0.294. The van der Waals surface area contributed by atoms with Crippen LogP contribution in [0.1, 0.15) is 35.3 Å². The summed E-state index contributed by atoms with van der Waals surface area (Å²) in [5, 5.41) is 0.641. The Morgan fingerprint density at radius 1 is 1.29 bits per heavy atom. The molecule has 0 saturated carbocycles. The number of methoxy groups -OCH3 is 1. The summed E-state index contributed by atoms with van der Waals surface area (Å²) in [6, 6.07) is 11.6. The van der Waals surface area contributed by atoms with Gasteiger partial charge in [0.05, 0.1) is 17.7 Å². The lowest BCUT2D eigenvalue weighted by Gasteiger charge is -2.32. The van der Waals surface area contributed by atoms with Gasteiger partial charge in [-0.2, -0.15) is 0 Å². The average Bonchev–Trinajstić information content (AvgIpc) is 2.47. The Hall–Kier alpha value is -1.71. The predicted octanol–water partition coefficient (Wildman–Crippen LogP) is 4.18. The van der Waals surface area contributed by atoms with Crippen molar-refractivity contribution in [2.75, 3.05) is 7.11 Å². The van der Waals surface area contributed by atoms with Crippen LogP contribution in [0.4, 0.5) is 0 Å². The topological polar surface area (TPSA) is 44.5 Å². The predicted molar refractivity (Wildman–Crippen MR) is 84.1 cm³/mol. The minimum Gasteiger partial charge on any atom is -0.496 e. The summed E-state index contributed by atoms with van der Waals surface area (Å²) in [5.74, 6) is 1.56. The number of aryl methyl sites for hydroxylation is 1. The van der Waals surface area contributed by atoms with Gasteiger partial charge in [0.25, 0.3) is 0 Å². The Morgan fingerprint density at radius 3 is 2.86 bits per heavy atom. The van der Waals surface area contributed by atoms with Crippen LogP contribution in [0.3, 0.4) is 0 Å². The number of nitrogens with two attached hydrogens (primary N) is 1. The summed E-state index contributed by atoms with van der Waals surface area (Å²) in [4.78, 5) is 0. The van der Waals surface area contributed by atoms with Crippen molar-refractivity contribution in [3.8, 4) is 11.5 Å². The maximum Gasteiger partial charge on any atom is 0.131 e. The number of hydrogen-bond donors (Lipinski definition) is 1. The molecule has 110 valence electrons. The third-order valence-corrected chi connectivity index (χ3v) is 4.19. The Balaban J connectivity index is 2.02. The highest BCUT2D eigenvalue weighted by atomic mass is 35.5. The summed E-state index contributed by atoms with van der Waals surface area (Å²) < 4.78 is 11.5. The number of halogens is 1. The zero-order chi connectivity index (χ0) is 15.0. The molecule has 0 amide bonds. The van der Waals surface area contributed by atoms with Gasteiger partial charge in [0.2, 0.25) is 0 Å². The fourth-order valence-electron chi connectivity index (χ4n) is 2.81. The van der Waals surface area contributed by atoms with Crippen LogP contribution in [0.5, 0.6) is 11.5 Å². The SMILES string of the molecule is COc1cccc(Cl)c1C1C[C@H](N)c2cc(C)ccc2O1. The number of benzene rings is 2. The van der Waals surface area contributed by atoms with Crippen molar-refractivity contribution in [2.24, 2.45) is 5.73 Å². The third-order valence-electron chi connectivity index (χ3n) is 3.86. The Kier molecular flexibility index (Phi) is 3.79. The first kappa shape index (κ1) is 14.2. The van der Waals surface area contributed by atoms with Gasteiger partial charge >= 0.3 is 0 Å². The molecule has 3 nitrogen and oxygen atoms in total. The van der Waals surface area contributed by atoms with E-state index in [0.717, 1.165) is 22.6 Å². The molecule has 1 unspecified atom stereocenters. The van der Waals surface area contributed by atoms with Crippen LogP contribution in [0, 0.1) is 6.92 Å². The summed E-state index contributed by atoms with van der Waals surface area (Å²) in [6.07, 6.45) is 0.482. The van der Waals surface area contributed by atoms with Gasteiger partial charge < -0.3 is 15.2 Å². The van der Waals surface area contributed by atoms with Gasteiger partial charge in [-0.05, 0) is 25.1 Å². The van der Waals surface area contributed by atoms with Crippen molar-refractivity contribution in [3.05, 3.63) is 58.1 Å². The number of rotatable bonds is 2. The van der Waals surface area contributed by atoms with Crippen molar-refractivity contribution in [1.82, 2.24) is 0 Å². The molecule has 0 saturated heterocycles. The van der Waals surface area contributed by atoms with Crippen LogP contribution in [-0.4, -0.2) is 7.11 Å². The van der Waals surface area contributed by atoms with Gasteiger partial charge in [-0.1, -0.05) is 35.4 Å². The van der Waals surface area contributed by atoms with E-state index < -0.39 is 0 Å². The van der Waals surface area contributed by atoms with Gasteiger partial charge in [0.1, 0.15) is 17.6 Å². The second-order valence-electron chi connectivity index (χ2n) is 5.35. The number of fused-ring (bicyclic) bond motifs is 1. The lowest BCUT2D eigenvalue weighted by atomic mass is 9.92. The molecule has 0 bridgehead atoms. The molecule has 2 atom stereocenters. The molecule has 0 fully saturated rings. The van der Waals surface area contributed by atoms with Crippen molar-refractivity contribution in [3.63, 3.8) is 0 Å². The van der Waals surface area contributed by atoms with Crippen LogP contribution in [0.25, 0.3) is 0 Å². The molecule has 2 aromatic carbocycles. The fourth-order valence-corrected chi connectivity index (χ4v) is 3.10. The highest BCUT2D eigenvalue weighted by Gasteiger charge is 2.30. The second-order valence-corrected chi connectivity index (χ2v) is 5.75. The molecular weight excluding hydrogens is 286 g/mol. The van der Waals surface area contributed by atoms with Crippen molar-refractivity contribution in [1.29, 1.82) is 0 Å². The first-order chi connectivity index (χ1) is 10.1. The monoisotopic (exact) mass is 303 g/mol. The first-order valence-electron chi connectivity index (χ1n) is 6.95. The van der Waals surface area contributed by atoms with E-state index in [9.17, 15) is 0 Å². The lowest BCUT2D eigenvalue weighted by molar-refractivity contribution is 0.158. The van der Waals surface area contributed by atoms with Gasteiger partial charge in [0, 0.05) is 18.0 Å². The second kappa shape index (κ2) is 5.58. The van der Waals surface area contributed by atoms with E-state index in [1.54, 1.807) is 7.11 Å². The van der Waals surface area contributed by atoms with Crippen molar-refractivity contribution >= 4 is 11.6 Å². The summed E-state index contributed by atoms with van der Waals surface area (Å²) in [7, 11) is 1.63. The lowest BCUT2D eigenvalue weighted by Crippen LogP contribution is -2.24. The molecule has 0 aromatic heterocycles. The summed E-state index contributed by atoms with van der Waals surface area (Å²) in [6.45, 7) is 2.05. The highest BCUT2D eigenvalue weighted by molar-refractivity contribution is 6.31. The molecule has 1 heterocycles. The van der Waals surface area contributed by atoms with Gasteiger partial charge in [-0.25, -0.2) is 0 Å². The Morgan fingerprint density at radius 2 is 2.10 bits per heavy atom. The zero-order valence-electron chi connectivity index (χ0n) is 12.1. The quantitative estimate of drug-likeness (QED) is 0.905. The molecule has 1 aliphatic heterocycles. The molecule has 3 rings (SSSR count). The van der Waals surface area contributed by atoms with Crippen LogP contribution in [0.15, 0.2) is 36.4 Å². The molecule has 21 heavy (non-hydrogen) atoms. The van der Waals surface area contributed by atoms with E-state index in [-0.39, 0.29) is 12.1 Å². The average molecular weight is 304 g/mol. The van der Waals surface area contributed by atoms with Crippen LogP contribution in [-0.2, 0) is 0 Å². The van der Waals surface area contributed by atoms with E-state index in [4.69, 9.17) is 26.8 Å². The van der Waals surface area contributed by atoms with Crippen LogP contribution >= 0.6 is 11.6 Å². The van der Waals surface area contributed by atoms with Crippen molar-refractivity contribution < 1.29 is 9.47 Å². The smallest absolute Gasteiger partial charge is 0.131 e. The molecule has 2 aromatic rings. The molecule has 1 aliphatic rings. The maximum absolute atomic E-state index is 6.34. The molecule has 0 aliphatic carbocycles. The molecule has 2 N–H and O–H groups in total. The van der Waals surface area contributed by atoms with E-state index >= 15 is 0 Å². The van der Waals surface area contributed by atoms with Crippen LogP contribution in [0.2, 0.25) is 5.02 Å². The maximum atomic E-state index is 6.34. The molecule has 0 spiro atoms.